The number of nitrogens with zero attached hydrogens (tertiary/aromatic N) is 4. The van der Waals surface area contributed by atoms with Gasteiger partial charge in [0.05, 0.1) is 6.10 Å². The predicted molar refractivity (Wildman–Crippen MR) is 88.7 cm³/mol. The van der Waals surface area contributed by atoms with E-state index in [0.717, 1.165) is 12.0 Å². The number of hydrogen-bond acceptors (Lipinski definition) is 4. The minimum atomic E-state index is -0.569. The molecule has 0 radical (unpaired) electrons. The number of aromatic nitrogens is 3. The van der Waals surface area contributed by atoms with Gasteiger partial charge in [-0.1, -0.05) is 36.4 Å². The van der Waals surface area contributed by atoms with E-state index in [4.69, 9.17) is 0 Å². The first kappa shape index (κ1) is 14.8. The van der Waals surface area contributed by atoms with Gasteiger partial charge in [0.1, 0.15) is 12.0 Å². The SMILES string of the molecule is O=C(c1cccc2ncnn12)N1CC[C@H](c2ccccc2)[C@H](O)C1. The van der Waals surface area contributed by atoms with E-state index in [1.807, 2.05) is 30.3 Å². The molecule has 0 bridgehead atoms. The van der Waals surface area contributed by atoms with Crippen molar-refractivity contribution < 1.29 is 9.90 Å². The number of aliphatic hydroxyl groups is 1. The van der Waals surface area contributed by atoms with Crippen molar-refractivity contribution in [3.8, 4) is 0 Å². The van der Waals surface area contributed by atoms with Gasteiger partial charge in [-0.3, -0.25) is 4.79 Å². The molecule has 0 unspecified atom stereocenters. The Kier molecular flexibility index (Phi) is 3.74. The summed E-state index contributed by atoms with van der Waals surface area (Å²) in [5.41, 5.74) is 2.23. The van der Waals surface area contributed by atoms with Crippen LogP contribution in [-0.4, -0.2) is 49.7 Å². The molecule has 6 heteroatoms. The topological polar surface area (TPSA) is 70.7 Å². The Bertz CT molecular complexity index is 862. The molecule has 1 amide bonds. The largest absolute Gasteiger partial charge is 0.391 e. The highest BCUT2D eigenvalue weighted by Crippen LogP contribution is 2.28. The van der Waals surface area contributed by atoms with Gasteiger partial charge < -0.3 is 10.0 Å². The van der Waals surface area contributed by atoms with Gasteiger partial charge >= 0.3 is 0 Å². The summed E-state index contributed by atoms with van der Waals surface area (Å²) in [7, 11) is 0. The zero-order valence-corrected chi connectivity index (χ0v) is 13.1. The maximum absolute atomic E-state index is 12.8. The molecule has 0 saturated carbocycles. The predicted octanol–water partition coefficient (Wildman–Crippen LogP) is 1.72. The number of carbonyl (C=O) groups is 1. The molecule has 3 aromatic rings. The molecule has 4 rings (SSSR count). The van der Waals surface area contributed by atoms with Crippen LogP contribution in [0.1, 0.15) is 28.4 Å². The zero-order valence-electron chi connectivity index (χ0n) is 13.1. The lowest BCUT2D eigenvalue weighted by Gasteiger charge is -2.36. The Balaban J connectivity index is 1.55. The van der Waals surface area contributed by atoms with Crippen LogP contribution in [0.25, 0.3) is 5.65 Å². The second-order valence-electron chi connectivity index (χ2n) is 6.07. The molecule has 1 aromatic carbocycles. The van der Waals surface area contributed by atoms with E-state index in [2.05, 4.69) is 10.1 Å². The summed E-state index contributed by atoms with van der Waals surface area (Å²) in [4.78, 5) is 18.6. The molecule has 2 atom stereocenters. The number of β-amino-alcohol motifs (C(OH)–C–C–N with tert-alkyl or cyclic N) is 1. The van der Waals surface area contributed by atoms with Crippen molar-refractivity contribution in [3.05, 3.63) is 66.1 Å². The number of aliphatic hydroxyl groups excluding tert-OH is 1. The maximum Gasteiger partial charge on any atom is 0.272 e. The number of amides is 1. The molecule has 0 spiro atoms. The van der Waals surface area contributed by atoms with Crippen LogP contribution in [0.4, 0.5) is 0 Å². The van der Waals surface area contributed by atoms with Crippen LogP contribution in [-0.2, 0) is 0 Å². The van der Waals surface area contributed by atoms with Gasteiger partial charge in [0.2, 0.25) is 0 Å². The monoisotopic (exact) mass is 322 g/mol. The molecule has 24 heavy (non-hydrogen) atoms. The van der Waals surface area contributed by atoms with Gasteiger partial charge in [0, 0.05) is 19.0 Å². The lowest BCUT2D eigenvalue weighted by molar-refractivity contribution is 0.0376. The molecule has 1 aliphatic heterocycles. The van der Waals surface area contributed by atoms with Gasteiger partial charge in [0.15, 0.2) is 5.65 Å². The van der Waals surface area contributed by atoms with Crippen LogP contribution in [0.15, 0.2) is 54.9 Å². The molecule has 122 valence electrons. The van der Waals surface area contributed by atoms with Crippen LogP contribution >= 0.6 is 0 Å². The number of benzene rings is 1. The number of likely N-dealkylation sites (tertiary alicyclic amines) is 1. The van der Waals surface area contributed by atoms with Gasteiger partial charge in [-0.05, 0) is 24.1 Å². The molecular formula is C18H18N4O2. The molecule has 3 heterocycles. The van der Waals surface area contributed by atoms with E-state index < -0.39 is 6.10 Å². The highest BCUT2D eigenvalue weighted by molar-refractivity contribution is 5.93. The summed E-state index contributed by atoms with van der Waals surface area (Å²) >= 11 is 0. The van der Waals surface area contributed by atoms with Crippen molar-refractivity contribution in [2.75, 3.05) is 13.1 Å². The third-order valence-corrected chi connectivity index (χ3v) is 4.62. The Morgan fingerprint density at radius 1 is 1.12 bits per heavy atom. The summed E-state index contributed by atoms with van der Waals surface area (Å²) in [5, 5.41) is 14.6. The summed E-state index contributed by atoms with van der Waals surface area (Å²) in [6.07, 6.45) is 1.60. The fourth-order valence-electron chi connectivity index (χ4n) is 3.37. The molecule has 1 N–H and O–H groups in total. The van der Waals surface area contributed by atoms with Crippen molar-refractivity contribution in [1.82, 2.24) is 19.5 Å². The third kappa shape index (κ3) is 2.55. The van der Waals surface area contributed by atoms with Gasteiger partial charge in [-0.2, -0.15) is 5.10 Å². The average molecular weight is 322 g/mol. The van der Waals surface area contributed by atoms with Crippen molar-refractivity contribution in [3.63, 3.8) is 0 Å². The Labute approximate surface area is 139 Å². The minimum absolute atomic E-state index is 0.0670. The summed E-state index contributed by atoms with van der Waals surface area (Å²) in [5.74, 6) is -0.0610. The number of hydrogen-bond donors (Lipinski definition) is 1. The molecule has 1 aliphatic rings. The number of piperidine rings is 1. The molecule has 0 aliphatic carbocycles. The van der Waals surface area contributed by atoms with E-state index in [0.29, 0.717) is 24.4 Å². The molecule has 6 nitrogen and oxygen atoms in total. The van der Waals surface area contributed by atoms with Gasteiger partial charge in [-0.25, -0.2) is 9.50 Å². The van der Waals surface area contributed by atoms with Gasteiger partial charge in [-0.15, -0.1) is 0 Å². The van der Waals surface area contributed by atoms with E-state index in [9.17, 15) is 9.90 Å². The second kappa shape index (κ2) is 6.05. The third-order valence-electron chi connectivity index (χ3n) is 4.62. The Morgan fingerprint density at radius 2 is 1.96 bits per heavy atom. The molecule has 1 fully saturated rings. The van der Waals surface area contributed by atoms with Crippen LogP contribution in [0.2, 0.25) is 0 Å². The molecular weight excluding hydrogens is 304 g/mol. The van der Waals surface area contributed by atoms with Crippen LogP contribution in [0.5, 0.6) is 0 Å². The first-order valence-corrected chi connectivity index (χ1v) is 8.05. The Hall–Kier alpha value is -2.73. The normalized spacial score (nSPS) is 21.1. The van der Waals surface area contributed by atoms with Crippen molar-refractivity contribution in [1.29, 1.82) is 0 Å². The van der Waals surface area contributed by atoms with Crippen molar-refractivity contribution in [2.24, 2.45) is 0 Å². The highest BCUT2D eigenvalue weighted by Gasteiger charge is 2.32. The zero-order chi connectivity index (χ0) is 16.5. The van der Waals surface area contributed by atoms with Crippen molar-refractivity contribution in [2.45, 2.75) is 18.4 Å². The fraction of sp³-hybridized carbons (Fsp3) is 0.278. The molecule has 1 saturated heterocycles. The lowest BCUT2D eigenvalue weighted by Crippen LogP contribution is -2.46. The first-order chi connectivity index (χ1) is 11.7. The number of carbonyl (C=O) groups excluding carboxylic acids is 1. The fourth-order valence-corrected chi connectivity index (χ4v) is 3.37. The average Bonchev–Trinajstić information content (AvgIpc) is 3.10. The summed E-state index contributed by atoms with van der Waals surface area (Å²) < 4.78 is 1.54. The standard InChI is InChI=1S/C18H18N4O2/c23-16-11-21(10-9-14(16)13-5-2-1-3-6-13)18(24)15-7-4-8-17-19-12-20-22(15)17/h1-8,12,14,16,23H,9-11H2/t14-,16-/m1/s1. The van der Waals surface area contributed by atoms with E-state index in [1.165, 1.54) is 10.8 Å². The van der Waals surface area contributed by atoms with Gasteiger partial charge in [0.25, 0.3) is 5.91 Å². The minimum Gasteiger partial charge on any atom is -0.391 e. The quantitative estimate of drug-likeness (QED) is 0.780. The smallest absolute Gasteiger partial charge is 0.272 e. The van der Waals surface area contributed by atoms with E-state index >= 15 is 0 Å². The van der Waals surface area contributed by atoms with E-state index in [-0.39, 0.29) is 11.8 Å². The summed E-state index contributed by atoms with van der Waals surface area (Å²) in [6.45, 7) is 0.935. The van der Waals surface area contributed by atoms with Crippen LogP contribution in [0.3, 0.4) is 0 Å². The van der Waals surface area contributed by atoms with Crippen LogP contribution < -0.4 is 0 Å². The maximum atomic E-state index is 12.8. The molecule has 2 aromatic heterocycles. The van der Waals surface area contributed by atoms with E-state index in [1.54, 1.807) is 23.1 Å². The van der Waals surface area contributed by atoms with Crippen LogP contribution in [0, 0.1) is 0 Å². The second-order valence-corrected chi connectivity index (χ2v) is 6.07. The lowest BCUT2D eigenvalue weighted by atomic mass is 9.87. The highest BCUT2D eigenvalue weighted by atomic mass is 16.3. The Morgan fingerprint density at radius 3 is 2.75 bits per heavy atom. The number of pyridine rings is 1. The first-order valence-electron chi connectivity index (χ1n) is 8.05. The number of fused-ring (bicyclic) bond motifs is 1. The summed E-state index contributed by atoms with van der Waals surface area (Å²) in [6, 6.07) is 15.3. The number of rotatable bonds is 2. The van der Waals surface area contributed by atoms with Crippen molar-refractivity contribution >= 4 is 11.6 Å².